The van der Waals surface area contributed by atoms with E-state index in [-0.39, 0.29) is 30.8 Å². The van der Waals surface area contributed by atoms with Crippen LogP contribution < -0.4 is 19.5 Å². The Bertz CT molecular complexity index is 899. The lowest BCUT2D eigenvalue weighted by Crippen LogP contribution is -2.34. The second-order valence-electron chi connectivity index (χ2n) is 7.06. The van der Waals surface area contributed by atoms with Gasteiger partial charge in [0.25, 0.3) is 5.91 Å². The summed E-state index contributed by atoms with van der Waals surface area (Å²) in [5.41, 5.74) is 1.43. The summed E-state index contributed by atoms with van der Waals surface area (Å²) in [6.45, 7) is 0.956. The number of carbonyl (C=O) groups excluding carboxylic acids is 2. The van der Waals surface area contributed by atoms with Crippen LogP contribution in [0.2, 0.25) is 0 Å². The summed E-state index contributed by atoms with van der Waals surface area (Å²) < 4.78 is 16.0. The van der Waals surface area contributed by atoms with Crippen molar-refractivity contribution in [3.8, 4) is 17.2 Å². The van der Waals surface area contributed by atoms with Gasteiger partial charge in [-0.15, -0.1) is 0 Å². The zero-order valence-corrected chi connectivity index (χ0v) is 17.6. The maximum Gasteiger partial charge on any atom is 0.255 e. The summed E-state index contributed by atoms with van der Waals surface area (Å²) in [7, 11) is 4.75. The Morgan fingerprint density at radius 1 is 1.03 bits per heavy atom. The molecule has 2 aromatic carbocycles. The number of hydrogen-bond acceptors (Lipinski definition) is 5. The van der Waals surface area contributed by atoms with Gasteiger partial charge in [-0.05, 0) is 37.1 Å². The quantitative estimate of drug-likeness (QED) is 0.721. The smallest absolute Gasteiger partial charge is 0.255 e. The molecule has 30 heavy (non-hydrogen) atoms. The number of amides is 2. The molecule has 0 aromatic heterocycles. The van der Waals surface area contributed by atoms with Gasteiger partial charge >= 0.3 is 0 Å². The topological polar surface area (TPSA) is 77.1 Å². The van der Waals surface area contributed by atoms with Crippen molar-refractivity contribution in [1.82, 2.24) is 10.2 Å². The monoisotopic (exact) mass is 412 g/mol. The molecule has 1 saturated heterocycles. The van der Waals surface area contributed by atoms with Gasteiger partial charge in [-0.1, -0.05) is 12.1 Å². The third kappa shape index (κ3) is 4.67. The molecule has 1 aliphatic heterocycles. The minimum absolute atomic E-state index is 0.00991. The predicted molar refractivity (Wildman–Crippen MR) is 113 cm³/mol. The molecule has 0 bridgehead atoms. The van der Waals surface area contributed by atoms with Gasteiger partial charge in [-0.2, -0.15) is 0 Å². The molecular formula is C23H28N2O5. The molecule has 2 amide bonds. The van der Waals surface area contributed by atoms with Gasteiger partial charge in [0.15, 0.2) is 0 Å². The first-order valence-electron chi connectivity index (χ1n) is 10.0. The Morgan fingerprint density at radius 3 is 2.53 bits per heavy atom. The van der Waals surface area contributed by atoms with Crippen LogP contribution in [0.25, 0.3) is 0 Å². The van der Waals surface area contributed by atoms with E-state index in [9.17, 15) is 9.59 Å². The lowest BCUT2D eigenvalue weighted by Gasteiger charge is -2.26. The Morgan fingerprint density at radius 2 is 1.80 bits per heavy atom. The standard InChI is InChI=1S/C23H28N2O5/c1-28-16-10-11-17(21(15-16)30-3)19-8-6-14-25(19)22(26)12-13-24-23(27)18-7-4-5-9-20(18)29-2/h4-5,7,9-11,15,19H,6,8,12-14H2,1-3H3,(H,24,27). The van der Waals surface area contributed by atoms with E-state index in [1.165, 1.54) is 7.11 Å². The van der Waals surface area contributed by atoms with Crippen molar-refractivity contribution in [2.45, 2.75) is 25.3 Å². The van der Waals surface area contributed by atoms with E-state index in [1.807, 2.05) is 23.1 Å². The molecule has 1 fully saturated rings. The SMILES string of the molecule is COc1ccc(C2CCCN2C(=O)CCNC(=O)c2ccccc2OC)c(OC)c1. The second kappa shape index (κ2) is 10.0. The molecule has 160 valence electrons. The van der Waals surface area contributed by atoms with Crippen LogP contribution in [0, 0.1) is 0 Å². The van der Waals surface area contributed by atoms with E-state index in [0.29, 0.717) is 29.4 Å². The van der Waals surface area contributed by atoms with Gasteiger partial charge in [0.2, 0.25) is 5.91 Å². The molecule has 1 atom stereocenters. The number of carbonyl (C=O) groups is 2. The van der Waals surface area contributed by atoms with Gasteiger partial charge in [0.05, 0.1) is 32.9 Å². The molecule has 0 aliphatic carbocycles. The second-order valence-corrected chi connectivity index (χ2v) is 7.06. The first-order valence-corrected chi connectivity index (χ1v) is 10.0. The summed E-state index contributed by atoms with van der Waals surface area (Å²) in [5.74, 6) is 1.69. The fourth-order valence-corrected chi connectivity index (χ4v) is 3.84. The third-order valence-corrected chi connectivity index (χ3v) is 5.35. The van der Waals surface area contributed by atoms with Crippen LogP contribution in [0.5, 0.6) is 17.2 Å². The lowest BCUT2D eigenvalue weighted by atomic mass is 10.0. The maximum absolute atomic E-state index is 12.9. The minimum atomic E-state index is -0.255. The summed E-state index contributed by atoms with van der Waals surface area (Å²) in [5, 5.41) is 2.81. The zero-order valence-electron chi connectivity index (χ0n) is 17.6. The van der Waals surface area contributed by atoms with E-state index in [2.05, 4.69) is 5.32 Å². The molecule has 3 rings (SSSR count). The van der Waals surface area contributed by atoms with Crippen molar-refractivity contribution in [3.05, 3.63) is 53.6 Å². The normalized spacial score (nSPS) is 15.6. The van der Waals surface area contributed by atoms with Crippen LogP contribution in [0.4, 0.5) is 0 Å². The number of rotatable bonds is 8. The summed E-state index contributed by atoms with van der Waals surface area (Å²) in [6.07, 6.45) is 2.04. The molecule has 2 aromatic rings. The largest absolute Gasteiger partial charge is 0.497 e. The van der Waals surface area contributed by atoms with Gasteiger partial charge in [0, 0.05) is 31.1 Å². The molecule has 1 unspecified atom stereocenters. The van der Waals surface area contributed by atoms with Crippen molar-refractivity contribution in [2.75, 3.05) is 34.4 Å². The summed E-state index contributed by atoms with van der Waals surface area (Å²) >= 11 is 0. The van der Waals surface area contributed by atoms with Crippen LogP contribution in [-0.2, 0) is 4.79 Å². The van der Waals surface area contributed by atoms with Crippen LogP contribution in [-0.4, -0.2) is 51.1 Å². The number of benzene rings is 2. The molecular weight excluding hydrogens is 384 g/mol. The molecule has 0 radical (unpaired) electrons. The van der Waals surface area contributed by atoms with Crippen molar-refractivity contribution >= 4 is 11.8 Å². The number of para-hydroxylation sites is 1. The highest BCUT2D eigenvalue weighted by molar-refractivity contribution is 5.97. The Labute approximate surface area is 176 Å². The predicted octanol–water partition coefficient (Wildman–Crippen LogP) is 3.20. The zero-order chi connectivity index (χ0) is 21.5. The maximum atomic E-state index is 12.9. The van der Waals surface area contributed by atoms with Gasteiger partial charge in [-0.25, -0.2) is 0 Å². The van der Waals surface area contributed by atoms with E-state index in [4.69, 9.17) is 14.2 Å². The first kappa shape index (κ1) is 21.5. The van der Waals surface area contributed by atoms with Gasteiger partial charge in [-0.3, -0.25) is 9.59 Å². The highest BCUT2D eigenvalue weighted by Gasteiger charge is 2.31. The van der Waals surface area contributed by atoms with Crippen molar-refractivity contribution in [3.63, 3.8) is 0 Å². The molecule has 1 aliphatic rings. The molecule has 0 saturated carbocycles. The molecule has 1 N–H and O–H groups in total. The molecule has 7 heteroatoms. The fraction of sp³-hybridized carbons (Fsp3) is 0.391. The Kier molecular flexibility index (Phi) is 7.17. The van der Waals surface area contributed by atoms with Gasteiger partial charge in [0.1, 0.15) is 17.2 Å². The fourth-order valence-electron chi connectivity index (χ4n) is 3.84. The minimum Gasteiger partial charge on any atom is -0.497 e. The van der Waals surface area contributed by atoms with E-state index in [1.54, 1.807) is 38.5 Å². The number of hydrogen-bond donors (Lipinski definition) is 1. The summed E-state index contributed by atoms with van der Waals surface area (Å²) in [4.78, 5) is 27.2. The lowest BCUT2D eigenvalue weighted by molar-refractivity contribution is -0.132. The highest BCUT2D eigenvalue weighted by atomic mass is 16.5. The Balaban J connectivity index is 1.62. The van der Waals surface area contributed by atoms with E-state index < -0.39 is 0 Å². The average Bonchev–Trinajstić information content (AvgIpc) is 3.28. The van der Waals surface area contributed by atoms with E-state index in [0.717, 1.165) is 18.4 Å². The van der Waals surface area contributed by atoms with Crippen LogP contribution in [0.15, 0.2) is 42.5 Å². The summed E-state index contributed by atoms with van der Waals surface area (Å²) in [6, 6.07) is 12.6. The third-order valence-electron chi connectivity index (χ3n) is 5.35. The van der Waals surface area contributed by atoms with Gasteiger partial charge < -0.3 is 24.4 Å². The number of likely N-dealkylation sites (tertiary alicyclic amines) is 1. The number of nitrogens with one attached hydrogen (secondary N) is 1. The Hall–Kier alpha value is -3.22. The number of nitrogens with zero attached hydrogens (tertiary/aromatic N) is 1. The van der Waals surface area contributed by atoms with Crippen molar-refractivity contribution in [1.29, 1.82) is 0 Å². The van der Waals surface area contributed by atoms with E-state index >= 15 is 0 Å². The number of methoxy groups -OCH3 is 3. The first-order chi connectivity index (χ1) is 14.6. The van der Waals surface area contributed by atoms with Crippen LogP contribution in [0.3, 0.4) is 0 Å². The average molecular weight is 412 g/mol. The molecule has 1 heterocycles. The van der Waals surface area contributed by atoms with Crippen LogP contribution >= 0.6 is 0 Å². The highest BCUT2D eigenvalue weighted by Crippen LogP contribution is 2.38. The van der Waals surface area contributed by atoms with Crippen LogP contribution in [0.1, 0.15) is 41.2 Å². The molecule has 0 spiro atoms. The number of ether oxygens (including phenoxy) is 3. The van der Waals surface area contributed by atoms with Crippen molar-refractivity contribution < 1.29 is 23.8 Å². The van der Waals surface area contributed by atoms with Crippen molar-refractivity contribution in [2.24, 2.45) is 0 Å². The molecule has 7 nitrogen and oxygen atoms in total.